The van der Waals surface area contributed by atoms with Gasteiger partial charge < -0.3 is 20.9 Å². The number of para-hydroxylation sites is 1. The second kappa shape index (κ2) is 6.99. The average Bonchev–Trinajstić information content (AvgIpc) is 2.48. The molecule has 0 amide bonds. The van der Waals surface area contributed by atoms with E-state index in [4.69, 9.17) is 10.5 Å². The Morgan fingerprint density at radius 3 is 2.43 bits per heavy atom. The van der Waals surface area contributed by atoms with Crippen LogP contribution in [0.5, 0.6) is 5.75 Å². The maximum absolute atomic E-state index is 9.61. The van der Waals surface area contributed by atoms with Crippen LogP contribution in [0.15, 0.2) is 48.5 Å². The monoisotopic (exact) mass is 286 g/mol. The first-order chi connectivity index (χ1) is 10.1. The van der Waals surface area contributed by atoms with Crippen molar-refractivity contribution in [1.82, 2.24) is 0 Å². The van der Waals surface area contributed by atoms with Gasteiger partial charge in [0.15, 0.2) is 0 Å². The fourth-order valence-electron chi connectivity index (χ4n) is 2.13. The molecule has 1 unspecified atom stereocenters. The number of hydrogen-bond acceptors (Lipinski definition) is 4. The SMILES string of the molecule is CC(C)Oc1cccc(NC(CO)c2ccccc2)c1N. The molecule has 0 spiro atoms. The van der Waals surface area contributed by atoms with Gasteiger partial charge in [-0.3, -0.25) is 0 Å². The van der Waals surface area contributed by atoms with Crippen LogP contribution < -0.4 is 15.8 Å². The maximum atomic E-state index is 9.61. The minimum absolute atomic E-state index is 0.0152. The second-order valence-electron chi connectivity index (χ2n) is 5.17. The number of nitrogen functional groups attached to an aromatic ring is 1. The molecule has 0 bridgehead atoms. The molecule has 2 aromatic rings. The van der Waals surface area contributed by atoms with Crippen LogP contribution in [-0.2, 0) is 0 Å². The summed E-state index contributed by atoms with van der Waals surface area (Å²) < 4.78 is 5.68. The van der Waals surface area contributed by atoms with Crippen LogP contribution in [0.3, 0.4) is 0 Å². The normalized spacial score (nSPS) is 12.2. The Bertz CT molecular complexity index is 570. The molecule has 2 rings (SSSR count). The Labute approximate surface area is 125 Å². The van der Waals surface area contributed by atoms with Crippen molar-refractivity contribution in [3.8, 4) is 5.75 Å². The Morgan fingerprint density at radius 2 is 1.81 bits per heavy atom. The molecule has 0 saturated carbocycles. The van der Waals surface area contributed by atoms with E-state index in [0.29, 0.717) is 11.4 Å². The first-order valence-corrected chi connectivity index (χ1v) is 7.09. The van der Waals surface area contributed by atoms with Gasteiger partial charge >= 0.3 is 0 Å². The van der Waals surface area contributed by atoms with E-state index in [0.717, 1.165) is 11.3 Å². The third-order valence-electron chi connectivity index (χ3n) is 3.14. The molecular formula is C17H22N2O2. The van der Waals surface area contributed by atoms with Crippen molar-refractivity contribution in [3.05, 3.63) is 54.1 Å². The number of benzene rings is 2. The van der Waals surface area contributed by atoms with E-state index in [1.54, 1.807) is 0 Å². The summed E-state index contributed by atoms with van der Waals surface area (Å²) in [5, 5.41) is 12.9. The van der Waals surface area contributed by atoms with Gasteiger partial charge in [-0.05, 0) is 31.5 Å². The molecule has 0 radical (unpaired) electrons. The molecular weight excluding hydrogens is 264 g/mol. The lowest BCUT2D eigenvalue weighted by Crippen LogP contribution is -2.16. The Hall–Kier alpha value is -2.20. The highest BCUT2D eigenvalue weighted by molar-refractivity contribution is 5.73. The Kier molecular flexibility index (Phi) is 5.06. The van der Waals surface area contributed by atoms with E-state index >= 15 is 0 Å². The molecule has 2 aromatic carbocycles. The summed E-state index contributed by atoms with van der Waals surface area (Å²) in [5.74, 6) is 0.653. The van der Waals surface area contributed by atoms with Gasteiger partial charge in [0, 0.05) is 0 Å². The first kappa shape index (κ1) is 15.2. The number of aliphatic hydroxyl groups excluding tert-OH is 1. The van der Waals surface area contributed by atoms with Crippen molar-refractivity contribution in [1.29, 1.82) is 0 Å². The van der Waals surface area contributed by atoms with E-state index < -0.39 is 0 Å². The molecule has 0 aromatic heterocycles. The Morgan fingerprint density at radius 1 is 1.10 bits per heavy atom. The van der Waals surface area contributed by atoms with Gasteiger partial charge in [0.1, 0.15) is 5.75 Å². The van der Waals surface area contributed by atoms with Crippen LogP contribution in [0.2, 0.25) is 0 Å². The van der Waals surface area contributed by atoms with Crippen LogP contribution in [0.1, 0.15) is 25.5 Å². The summed E-state index contributed by atoms with van der Waals surface area (Å²) in [7, 11) is 0. The smallest absolute Gasteiger partial charge is 0.144 e. The Balaban J connectivity index is 2.22. The van der Waals surface area contributed by atoms with Gasteiger partial charge in [-0.2, -0.15) is 0 Å². The van der Waals surface area contributed by atoms with Crippen LogP contribution in [0.25, 0.3) is 0 Å². The predicted octanol–water partition coefficient (Wildman–Crippen LogP) is 3.20. The van der Waals surface area contributed by atoms with E-state index in [1.807, 2.05) is 62.4 Å². The summed E-state index contributed by atoms with van der Waals surface area (Å²) in [6.45, 7) is 3.90. The number of anilines is 2. The quantitative estimate of drug-likeness (QED) is 0.713. The minimum atomic E-state index is -0.206. The summed E-state index contributed by atoms with van der Waals surface area (Å²) >= 11 is 0. The average molecular weight is 286 g/mol. The molecule has 1 atom stereocenters. The molecule has 112 valence electrons. The van der Waals surface area contributed by atoms with E-state index in [2.05, 4.69) is 5.32 Å². The number of nitrogens with one attached hydrogen (secondary N) is 1. The maximum Gasteiger partial charge on any atom is 0.144 e. The molecule has 4 nitrogen and oxygen atoms in total. The number of rotatable bonds is 6. The molecule has 4 heteroatoms. The number of nitrogens with two attached hydrogens (primary N) is 1. The van der Waals surface area contributed by atoms with Gasteiger partial charge in [-0.25, -0.2) is 0 Å². The zero-order chi connectivity index (χ0) is 15.2. The third-order valence-corrected chi connectivity index (χ3v) is 3.14. The van der Waals surface area contributed by atoms with E-state index in [9.17, 15) is 5.11 Å². The van der Waals surface area contributed by atoms with Gasteiger partial charge in [0.2, 0.25) is 0 Å². The fraction of sp³-hybridized carbons (Fsp3) is 0.294. The first-order valence-electron chi connectivity index (χ1n) is 7.09. The lowest BCUT2D eigenvalue weighted by atomic mass is 10.1. The van der Waals surface area contributed by atoms with Gasteiger partial charge in [0.25, 0.3) is 0 Å². The van der Waals surface area contributed by atoms with Crippen LogP contribution >= 0.6 is 0 Å². The molecule has 0 aliphatic heterocycles. The zero-order valence-corrected chi connectivity index (χ0v) is 12.4. The predicted molar refractivity (Wildman–Crippen MR) is 86.5 cm³/mol. The summed E-state index contributed by atoms with van der Waals surface area (Å²) in [4.78, 5) is 0. The molecule has 0 fully saturated rings. The standard InChI is InChI=1S/C17H22N2O2/c1-12(2)21-16-10-6-9-14(17(16)18)19-15(11-20)13-7-4-3-5-8-13/h3-10,12,15,19-20H,11,18H2,1-2H3. The highest BCUT2D eigenvalue weighted by Gasteiger charge is 2.13. The van der Waals surface area contributed by atoms with Crippen molar-refractivity contribution in [3.63, 3.8) is 0 Å². The van der Waals surface area contributed by atoms with E-state index in [1.165, 1.54) is 0 Å². The molecule has 21 heavy (non-hydrogen) atoms. The van der Waals surface area contributed by atoms with Crippen molar-refractivity contribution in [2.45, 2.75) is 26.0 Å². The fourth-order valence-corrected chi connectivity index (χ4v) is 2.13. The molecule has 4 N–H and O–H groups in total. The highest BCUT2D eigenvalue weighted by atomic mass is 16.5. The lowest BCUT2D eigenvalue weighted by Gasteiger charge is -2.21. The number of hydrogen-bond donors (Lipinski definition) is 3. The molecule has 0 aliphatic carbocycles. The van der Waals surface area contributed by atoms with Crippen molar-refractivity contribution < 1.29 is 9.84 Å². The van der Waals surface area contributed by atoms with Gasteiger partial charge in [-0.15, -0.1) is 0 Å². The summed E-state index contributed by atoms with van der Waals surface area (Å²) in [5.41, 5.74) is 8.47. The largest absolute Gasteiger partial charge is 0.489 e. The van der Waals surface area contributed by atoms with Gasteiger partial charge in [-0.1, -0.05) is 36.4 Å². The molecule has 0 heterocycles. The third kappa shape index (κ3) is 3.89. The van der Waals surface area contributed by atoms with Gasteiger partial charge in [0.05, 0.1) is 30.1 Å². The van der Waals surface area contributed by atoms with Crippen LogP contribution in [0, 0.1) is 0 Å². The molecule has 0 aliphatic rings. The lowest BCUT2D eigenvalue weighted by molar-refractivity contribution is 0.244. The summed E-state index contributed by atoms with van der Waals surface area (Å²) in [6, 6.07) is 15.2. The van der Waals surface area contributed by atoms with Crippen molar-refractivity contribution >= 4 is 11.4 Å². The topological polar surface area (TPSA) is 67.5 Å². The van der Waals surface area contributed by atoms with E-state index in [-0.39, 0.29) is 18.8 Å². The molecule has 0 saturated heterocycles. The minimum Gasteiger partial charge on any atom is -0.489 e. The van der Waals surface area contributed by atoms with Crippen molar-refractivity contribution in [2.24, 2.45) is 0 Å². The van der Waals surface area contributed by atoms with Crippen LogP contribution in [0.4, 0.5) is 11.4 Å². The van der Waals surface area contributed by atoms with Crippen LogP contribution in [-0.4, -0.2) is 17.8 Å². The highest BCUT2D eigenvalue weighted by Crippen LogP contribution is 2.32. The number of ether oxygens (including phenoxy) is 1. The summed E-state index contributed by atoms with van der Waals surface area (Å²) in [6.07, 6.45) is 0.0605. The number of aliphatic hydroxyl groups is 1. The zero-order valence-electron chi connectivity index (χ0n) is 12.4. The second-order valence-corrected chi connectivity index (χ2v) is 5.17. The van der Waals surface area contributed by atoms with Crippen molar-refractivity contribution in [2.75, 3.05) is 17.7 Å².